The smallest absolute Gasteiger partial charge is 0.196 e. The van der Waals surface area contributed by atoms with E-state index in [1.807, 2.05) is 65.2 Å². The molecule has 6 heteroatoms. The Morgan fingerprint density at radius 1 is 0.857 bits per heavy atom. The zero-order chi connectivity index (χ0) is 19.3. The Morgan fingerprint density at radius 2 is 1.50 bits per heavy atom. The molecule has 0 aliphatic heterocycles. The third-order valence-corrected chi connectivity index (χ3v) is 5.31. The van der Waals surface area contributed by atoms with Crippen LogP contribution < -0.4 is 0 Å². The fraction of sp³-hybridized carbons (Fsp3) is 0.0909. The minimum atomic E-state index is -0.621. The Hall–Kier alpha value is -2.96. The minimum absolute atomic E-state index is 0.299. The van der Waals surface area contributed by atoms with Crippen molar-refractivity contribution < 1.29 is 9.50 Å². The molecule has 0 radical (unpaired) electrons. The fourth-order valence-corrected chi connectivity index (χ4v) is 3.80. The number of aliphatic hydroxyl groups is 1. The average molecular weight is 391 g/mol. The van der Waals surface area contributed by atoms with Gasteiger partial charge in [0.25, 0.3) is 0 Å². The van der Waals surface area contributed by atoms with Gasteiger partial charge in [0, 0.05) is 17.0 Å². The molecule has 0 aliphatic rings. The summed E-state index contributed by atoms with van der Waals surface area (Å²) >= 11 is 1.41. The van der Waals surface area contributed by atoms with E-state index >= 15 is 0 Å². The second-order valence-corrected chi connectivity index (χ2v) is 7.21. The van der Waals surface area contributed by atoms with Crippen LogP contribution in [0.4, 0.5) is 4.39 Å². The van der Waals surface area contributed by atoms with E-state index in [1.54, 1.807) is 12.1 Å². The Bertz CT molecular complexity index is 1040. The molecule has 0 spiro atoms. The first kappa shape index (κ1) is 18.4. The van der Waals surface area contributed by atoms with Crippen LogP contribution in [0.5, 0.6) is 0 Å². The molecule has 4 nitrogen and oxygen atoms in total. The molecule has 0 unspecified atom stereocenters. The molecule has 4 rings (SSSR count). The van der Waals surface area contributed by atoms with Crippen LogP contribution in [0.25, 0.3) is 17.1 Å². The van der Waals surface area contributed by atoms with Gasteiger partial charge in [0.2, 0.25) is 0 Å². The van der Waals surface area contributed by atoms with Crippen molar-refractivity contribution in [2.75, 3.05) is 5.75 Å². The zero-order valence-corrected chi connectivity index (χ0v) is 15.8. The predicted octanol–water partition coefficient (Wildman–Crippen LogP) is 4.90. The Balaban J connectivity index is 1.67. The van der Waals surface area contributed by atoms with Crippen molar-refractivity contribution >= 4 is 11.8 Å². The van der Waals surface area contributed by atoms with Gasteiger partial charge in [0.05, 0.1) is 6.10 Å². The van der Waals surface area contributed by atoms with Crippen molar-refractivity contribution in [3.8, 4) is 17.1 Å². The number of aliphatic hydroxyl groups excluding tert-OH is 1. The summed E-state index contributed by atoms with van der Waals surface area (Å²) in [6, 6.07) is 25.5. The summed E-state index contributed by atoms with van der Waals surface area (Å²) in [6.45, 7) is 0. The van der Waals surface area contributed by atoms with Gasteiger partial charge in [0.1, 0.15) is 5.82 Å². The van der Waals surface area contributed by atoms with Crippen LogP contribution in [-0.2, 0) is 0 Å². The van der Waals surface area contributed by atoms with Crippen LogP contribution in [0, 0.1) is 5.82 Å². The molecule has 1 heterocycles. The maximum absolute atomic E-state index is 13.4. The lowest BCUT2D eigenvalue weighted by Crippen LogP contribution is -2.03. The van der Waals surface area contributed by atoms with Crippen LogP contribution in [0.1, 0.15) is 11.7 Å². The van der Waals surface area contributed by atoms with Gasteiger partial charge in [-0.2, -0.15) is 0 Å². The summed E-state index contributed by atoms with van der Waals surface area (Å²) in [4.78, 5) is 0. The van der Waals surface area contributed by atoms with Crippen LogP contribution in [0.2, 0.25) is 0 Å². The van der Waals surface area contributed by atoms with Gasteiger partial charge in [-0.1, -0.05) is 72.4 Å². The molecule has 0 bridgehead atoms. The molecular formula is C22H18FN3OS. The van der Waals surface area contributed by atoms with Gasteiger partial charge in [-0.25, -0.2) is 4.39 Å². The number of thioether (sulfide) groups is 1. The lowest BCUT2D eigenvalue weighted by molar-refractivity contribution is 0.204. The SMILES string of the molecule is O[C@H](CSc1nnc(-c2ccccc2)n1-c1ccc(F)cc1)c1ccccc1. The highest BCUT2D eigenvalue weighted by Gasteiger charge is 2.18. The minimum Gasteiger partial charge on any atom is -0.388 e. The van der Waals surface area contributed by atoms with E-state index in [2.05, 4.69) is 10.2 Å². The molecule has 28 heavy (non-hydrogen) atoms. The Morgan fingerprint density at radius 3 is 2.18 bits per heavy atom. The van der Waals surface area contributed by atoms with Crippen molar-refractivity contribution in [1.29, 1.82) is 0 Å². The summed E-state index contributed by atoms with van der Waals surface area (Å²) in [5.74, 6) is 0.800. The molecule has 1 aromatic heterocycles. The molecule has 0 saturated carbocycles. The van der Waals surface area contributed by atoms with E-state index in [0.717, 1.165) is 16.8 Å². The molecule has 4 aromatic rings. The van der Waals surface area contributed by atoms with Gasteiger partial charge in [-0.15, -0.1) is 10.2 Å². The summed E-state index contributed by atoms with van der Waals surface area (Å²) in [7, 11) is 0. The number of hydrogen-bond donors (Lipinski definition) is 1. The molecule has 0 saturated heterocycles. The Kier molecular flexibility index (Phi) is 5.50. The van der Waals surface area contributed by atoms with Crippen molar-refractivity contribution in [3.63, 3.8) is 0 Å². The second kappa shape index (κ2) is 8.37. The maximum Gasteiger partial charge on any atom is 0.196 e. The third-order valence-electron chi connectivity index (χ3n) is 4.30. The zero-order valence-electron chi connectivity index (χ0n) is 14.9. The van der Waals surface area contributed by atoms with Gasteiger partial charge in [0.15, 0.2) is 11.0 Å². The van der Waals surface area contributed by atoms with Crippen LogP contribution in [0.15, 0.2) is 90.1 Å². The molecular weight excluding hydrogens is 373 g/mol. The van der Waals surface area contributed by atoms with Gasteiger partial charge in [-0.05, 0) is 29.8 Å². The van der Waals surface area contributed by atoms with E-state index in [4.69, 9.17) is 0 Å². The highest BCUT2D eigenvalue weighted by molar-refractivity contribution is 7.99. The molecule has 0 fully saturated rings. The van der Waals surface area contributed by atoms with Gasteiger partial charge < -0.3 is 5.11 Å². The van der Waals surface area contributed by atoms with E-state index in [1.165, 1.54) is 23.9 Å². The Labute approximate surface area is 166 Å². The second-order valence-electron chi connectivity index (χ2n) is 6.22. The first-order chi connectivity index (χ1) is 13.7. The molecule has 0 aliphatic carbocycles. The standard InChI is InChI=1S/C22H18FN3OS/c23-18-11-13-19(14-12-18)26-21(17-9-5-2-6-10-17)24-25-22(26)28-15-20(27)16-7-3-1-4-8-16/h1-14,20,27H,15H2/t20-/m1/s1. The average Bonchev–Trinajstić information content (AvgIpc) is 3.18. The molecule has 1 atom stereocenters. The number of aromatic nitrogens is 3. The molecule has 140 valence electrons. The first-order valence-corrected chi connectivity index (χ1v) is 9.83. The molecule has 0 amide bonds. The highest BCUT2D eigenvalue weighted by Crippen LogP contribution is 2.30. The summed E-state index contributed by atoms with van der Waals surface area (Å²) in [6.07, 6.45) is -0.621. The maximum atomic E-state index is 13.4. The van der Waals surface area contributed by atoms with Gasteiger partial charge >= 0.3 is 0 Å². The number of rotatable bonds is 6. The third kappa shape index (κ3) is 3.98. The molecule has 1 N–H and O–H groups in total. The van der Waals surface area contributed by atoms with Crippen LogP contribution in [-0.4, -0.2) is 25.6 Å². The quantitative estimate of drug-likeness (QED) is 0.475. The van der Waals surface area contributed by atoms with Crippen molar-refractivity contribution in [1.82, 2.24) is 14.8 Å². The lowest BCUT2D eigenvalue weighted by Gasteiger charge is -2.13. The topological polar surface area (TPSA) is 50.9 Å². The van der Waals surface area contributed by atoms with Crippen LogP contribution in [0.3, 0.4) is 0 Å². The van der Waals surface area contributed by atoms with Crippen molar-refractivity contribution in [2.24, 2.45) is 0 Å². The molecule has 3 aromatic carbocycles. The summed E-state index contributed by atoms with van der Waals surface area (Å²) in [5.41, 5.74) is 2.53. The van der Waals surface area contributed by atoms with Crippen LogP contribution >= 0.6 is 11.8 Å². The van der Waals surface area contributed by atoms with E-state index in [-0.39, 0.29) is 5.82 Å². The van der Waals surface area contributed by atoms with Crippen molar-refractivity contribution in [3.05, 3.63) is 96.3 Å². The fourth-order valence-electron chi connectivity index (χ4n) is 2.89. The summed E-state index contributed by atoms with van der Waals surface area (Å²) < 4.78 is 15.3. The van der Waals surface area contributed by atoms with Gasteiger partial charge in [-0.3, -0.25) is 4.57 Å². The normalized spacial score (nSPS) is 12.1. The number of halogens is 1. The monoisotopic (exact) mass is 391 g/mol. The summed E-state index contributed by atoms with van der Waals surface area (Å²) in [5, 5.41) is 19.8. The van der Waals surface area contributed by atoms with E-state index in [9.17, 15) is 9.50 Å². The predicted molar refractivity (Wildman–Crippen MR) is 109 cm³/mol. The number of nitrogens with zero attached hydrogens (tertiary/aromatic N) is 3. The van der Waals surface area contributed by atoms with E-state index < -0.39 is 6.10 Å². The largest absolute Gasteiger partial charge is 0.388 e. The first-order valence-electron chi connectivity index (χ1n) is 8.85. The number of benzene rings is 3. The number of hydrogen-bond acceptors (Lipinski definition) is 4. The van der Waals surface area contributed by atoms with Crippen molar-refractivity contribution in [2.45, 2.75) is 11.3 Å². The lowest BCUT2D eigenvalue weighted by atomic mass is 10.1. The highest BCUT2D eigenvalue weighted by atomic mass is 32.2. The van der Waals surface area contributed by atoms with E-state index in [0.29, 0.717) is 16.7 Å².